The van der Waals surface area contributed by atoms with Gasteiger partial charge >= 0.3 is 0 Å². The Bertz CT molecular complexity index is 468. The number of rotatable bonds is 6. The van der Waals surface area contributed by atoms with E-state index in [9.17, 15) is 4.79 Å². The minimum atomic E-state index is 0.168. The fourth-order valence-electron chi connectivity index (χ4n) is 4.13. The van der Waals surface area contributed by atoms with E-state index in [4.69, 9.17) is 0 Å². The summed E-state index contributed by atoms with van der Waals surface area (Å²) in [6, 6.07) is 0.300. The van der Waals surface area contributed by atoms with Gasteiger partial charge in [0, 0.05) is 45.2 Å². The summed E-state index contributed by atoms with van der Waals surface area (Å²) >= 11 is 0. The Balaban J connectivity index is 1.77. The highest BCUT2D eigenvalue weighted by Crippen LogP contribution is 2.27. The summed E-state index contributed by atoms with van der Waals surface area (Å²) in [5.41, 5.74) is 0.168. The summed E-state index contributed by atoms with van der Waals surface area (Å²) in [5, 5.41) is 6.95. The highest BCUT2D eigenvalue weighted by molar-refractivity contribution is 5.81. The van der Waals surface area contributed by atoms with Crippen LogP contribution < -0.4 is 10.6 Å². The topological polar surface area (TPSA) is 60.0 Å². The van der Waals surface area contributed by atoms with Crippen LogP contribution in [-0.2, 0) is 4.79 Å². The molecular formula is C19H37N5O. The number of nitrogens with one attached hydrogen (secondary N) is 2. The van der Waals surface area contributed by atoms with Gasteiger partial charge in [0.1, 0.15) is 0 Å². The van der Waals surface area contributed by atoms with E-state index in [-0.39, 0.29) is 11.3 Å². The molecule has 0 aromatic carbocycles. The first-order valence-electron chi connectivity index (χ1n) is 9.71. The average Bonchev–Trinajstić information content (AvgIpc) is 3.21. The van der Waals surface area contributed by atoms with Crippen molar-refractivity contribution in [3.05, 3.63) is 0 Å². The van der Waals surface area contributed by atoms with Crippen LogP contribution in [0.5, 0.6) is 0 Å². The van der Waals surface area contributed by atoms with E-state index in [0.717, 1.165) is 51.4 Å². The van der Waals surface area contributed by atoms with Crippen molar-refractivity contribution in [3.63, 3.8) is 0 Å². The number of aliphatic imine (C=N–C) groups is 1. The second-order valence-electron chi connectivity index (χ2n) is 8.72. The van der Waals surface area contributed by atoms with Gasteiger partial charge in [-0.1, -0.05) is 26.7 Å². The first-order valence-corrected chi connectivity index (χ1v) is 9.71. The molecule has 1 aliphatic heterocycles. The van der Waals surface area contributed by atoms with Crippen LogP contribution in [0.2, 0.25) is 0 Å². The molecule has 0 bridgehead atoms. The Kier molecular flexibility index (Phi) is 7.11. The van der Waals surface area contributed by atoms with Crippen LogP contribution in [0.15, 0.2) is 4.99 Å². The molecule has 2 rings (SSSR count). The Hall–Kier alpha value is -1.30. The van der Waals surface area contributed by atoms with Gasteiger partial charge in [0.05, 0.1) is 0 Å². The zero-order valence-corrected chi connectivity index (χ0v) is 16.8. The summed E-state index contributed by atoms with van der Waals surface area (Å²) in [7, 11) is 6.01. The van der Waals surface area contributed by atoms with Gasteiger partial charge in [-0.3, -0.25) is 9.79 Å². The molecule has 0 spiro atoms. The van der Waals surface area contributed by atoms with E-state index in [1.807, 2.05) is 7.05 Å². The summed E-state index contributed by atoms with van der Waals surface area (Å²) in [6.07, 6.45) is 5.59. The largest absolute Gasteiger partial charge is 0.356 e. The summed E-state index contributed by atoms with van der Waals surface area (Å²) in [4.78, 5) is 21.2. The highest BCUT2D eigenvalue weighted by atomic mass is 16.2. The SMILES string of the molecule is CN=C(NCC(C)(C)CN(C)C)NC1CCN(C(=O)C2CCCC2)C1. The molecule has 1 amide bonds. The molecule has 1 saturated heterocycles. The molecule has 1 heterocycles. The highest BCUT2D eigenvalue weighted by Gasteiger charge is 2.32. The van der Waals surface area contributed by atoms with E-state index < -0.39 is 0 Å². The molecule has 2 N–H and O–H groups in total. The average molecular weight is 352 g/mol. The lowest BCUT2D eigenvalue weighted by atomic mass is 9.93. The van der Waals surface area contributed by atoms with Gasteiger partial charge < -0.3 is 20.4 Å². The van der Waals surface area contributed by atoms with E-state index in [1.54, 1.807) is 0 Å². The zero-order valence-electron chi connectivity index (χ0n) is 16.8. The number of carbonyl (C=O) groups excluding carboxylic acids is 1. The molecule has 1 unspecified atom stereocenters. The number of likely N-dealkylation sites (tertiary alicyclic amines) is 1. The molecule has 6 nitrogen and oxygen atoms in total. The molecule has 25 heavy (non-hydrogen) atoms. The van der Waals surface area contributed by atoms with Crippen LogP contribution in [0.1, 0.15) is 46.0 Å². The molecule has 1 aliphatic carbocycles. The normalized spacial score (nSPS) is 22.7. The van der Waals surface area contributed by atoms with Crippen molar-refractivity contribution in [2.75, 3.05) is 47.3 Å². The van der Waals surface area contributed by atoms with Gasteiger partial charge in [-0.15, -0.1) is 0 Å². The van der Waals surface area contributed by atoms with E-state index in [2.05, 4.69) is 53.4 Å². The third-order valence-corrected chi connectivity index (χ3v) is 5.25. The number of hydrogen-bond acceptors (Lipinski definition) is 3. The molecular weight excluding hydrogens is 314 g/mol. The maximum Gasteiger partial charge on any atom is 0.225 e. The Labute approximate surface area is 153 Å². The lowest BCUT2D eigenvalue weighted by molar-refractivity contribution is -0.134. The van der Waals surface area contributed by atoms with Gasteiger partial charge in [-0.05, 0) is 38.8 Å². The van der Waals surface area contributed by atoms with Crippen LogP contribution >= 0.6 is 0 Å². The molecule has 2 fully saturated rings. The minimum absolute atomic E-state index is 0.168. The number of amides is 1. The third-order valence-electron chi connectivity index (χ3n) is 5.25. The molecule has 1 atom stereocenters. The molecule has 0 aromatic heterocycles. The molecule has 1 saturated carbocycles. The Morgan fingerprint density at radius 2 is 1.92 bits per heavy atom. The van der Waals surface area contributed by atoms with Crippen LogP contribution in [0.25, 0.3) is 0 Å². The number of guanidine groups is 1. The second kappa shape index (κ2) is 8.88. The minimum Gasteiger partial charge on any atom is -0.356 e. The van der Waals surface area contributed by atoms with Crippen molar-refractivity contribution in [2.45, 2.75) is 52.0 Å². The molecule has 144 valence electrons. The van der Waals surface area contributed by atoms with Crippen molar-refractivity contribution in [1.82, 2.24) is 20.4 Å². The van der Waals surface area contributed by atoms with Gasteiger partial charge in [-0.25, -0.2) is 0 Å². The lowest BCUT2D eigenvalue weighted by Crippen LogP contribution is -2.48. The van der Waals surface area contributed by atoms with E-state index in [0.29, 0.717) is 11.9 Å². The summed E-state index contributed by atoms with van der Waals surface area (Å²) in [6.45, 7) is 8.06. The maximum absolute atomic E-state index is 12.6. The zero-order chi connectivity index (χ0) is 18.4. The third kappa shape index (κ3) is 6.17. The summed E-state index contributed by atoms with van der Waals surface area (Å²) < 4.78 is 0. The van der Waals surface area contributed by atoms with Crippen LogP contribution in [0.3, 0.4) is 0 Å². The van der Waals surface area contributed by atoms with Crippen molar-refractivity contribution >= 4 is 11.9 Å². The van der Waals surface area contributed by atoms with E-state index in [1.165, 1.54) is 12.8 Å². The monoisotopic (exact) mass is 351 g/mol. The van der Waals surface area contributed by atoms with Crippen molar-refractivity contribution in [3.8, 4) is 0 Å². The van der Waals surface area contributed by atoms with Crippen LogP contribution in [0, 0.1) is 11.3 Å². The van der Waals surface area contributed by atoms with Crippen LogP contribution in [-0.4, -0.2) is 75.0 Å². The molecule has 0 aromatic rings. The predicted octanol–water partition coefficient (Wildman–Crippen LogP) is 1.53. The molecule has 0 radical (unpaired) electrons. The molecule has 6 heteroatoms. The first kappa shape index (κ1) is 20.0. The quantitative estimate of drug-likeness (QED) is 0.563. The Morgan fingerprint density at radius 3 is 2.52 bits per heavy atom. The van der Waals surface area contributed by atoms with Gasteiger partial charge in [0.2, 0.25) is 5.91 Å². The molecule has 2 aliphatic rings. The van der Waals surface area contributed by atoms with E-state index >= 15 is 0 Å². The first-order chi connectivity index (χ1) is 11.8. The van der Waals surface area contributed by atoms with Gasteiger partial charge in [-0.2, -0.15) is 0 Å². The maximum atomic E-state index is 12.6. The van der Waals surface area contributed by atoms with Gasteiger partial charge in [0.25, 0.3) is 0 Å². The standard InChI is InChI=1S/C19H37N5O/c1-19(2,14-23(4)5)13-21-18(20-3)22-16-10-11-24(12-16)17(25)15-8-6-7-9-15/h15-16H,6-14H2,1-5H3,(H2,20,21,22). The Morgan fingerprint density at radius 1 is 1.24 bits per heavy atom. The van der Waals surface area contributed by atoms with Crippen molar-refractivity contribution in [1.29, 1.82) is 0 Å². The fourth-order valence-corrected chi connectivity index (χ4v) is 4.13. The van der Waals surface area contributed by atoms with Crippen LogP contribution in [0.4, 0.5) is 0 Å². The summed E-state index contributed by atoms with van der Waals surface area (Å²) in [5.74, 6) is 1.49. The predicted molar refractivity (Wildman–Crippen MR) is 104 cm³/mol. The van der Waals surface area contributed by atoms with Crippen molar-refractivity contribution < 1.29 is 4.79 Å². The number of nitrogens with zero attached hydrogens (tertiary/aromatic N) is 3. The van der Waals surface area contributed by atoms with Gasteiger partial charge in [0.15, 0.2) is 5.96 Å². The second-order valence-corrected chi connectivity index (χ2v) is 8.72. The van der Waals surface area contributed by atoms with Crippen molar-refractivity contribution in [2.24, 2.45) is 16.3 Å². The fraction of sp³-hybridized carbons (Fsp3) is 0.895. The number of hydrogen-bond donors (Lipinski definition) is 2. The lowest BCUT2D eigenvalue weighted by Gasteiger charge is -2.29. The smallest absolute Gasteiger partial charge is 0.225 e. The number of carbonyl (C=O) groups is 1.